The second-order valence-electron chi connectivity index (χ2n) is 6.46. The molecular formula is C20H21ClN4. The summed E-state index contributed by atoms with van der Waals surface area (Å²) in [6, 6.07) is 16.2. The fraction of sp³-hybridized carbons (Fsp3) is 0.300. The number of nitrogens with zero attached hydrogens (tertiary/aromatic N) is 4. The SMILES string of the molecule is Clc1ccc(CN2CCCN(c3cnc4ccccc4n3)CC2)cc1. The van der Waals surface area contributed by atoms with Crippen LogP contribution in [0.5, 0.6) is 0 Å². The molecule has 0 unspecified atom stereocenters. The molecule has 2 heterocycles. The zero-order chi connectivity index (χ0) is 17.1. The summed E-state index contributed by atoms with van der Waals surface area (Å²) < 4.78 is 0. The van der Waals surface area contributed by atoms with Crippen LogP contribution < -0.4 is 4.90 Å². The number of benzene rings is 2. The number of halogens is 1. The monoisotopic (exact) mass is 352 g/mol. The quantitative estimate of drug-likeness (QED) is 0.713. The van der Waals surface area contributed by atoms with Crippen LogP contribution in [0.1, 0.15) is 12.0 Å². The van der Waals surface area contributed by atoms with E-state index in [0.717, 1.165) is 61.0 Å². The zero-order valence-electron chi connectivity index (χ0n) is 14.1. The molecule has 3 aromatic rings. The Bertz CT molecular complexity index is 850. The summed E-state index contributed by atoms with van der Waals surface area (Å²) in [5.74, 6) is 0.979. The molecule has 0 bridgehead atoms. The molecule has 0 amide bonds. The van der Waals surface area contributed by atoms with Crippen molar-refractivity contribution in [3.05, 3.63) is 65.3 Å². The molecule has 1 aliphatic heterocycles. The van der Waals surface area contributed by atoms with E-state index in [4.69, 9.17) is 16.6 Å². The van der Waals surface area contributed by atoms with E-state index in [1.54, 1.807) is 0 Å². The Hall–Kier alpha value is -2.17. The summed E-state index contributed by atoms with van der Waals surface area (Å²) in [4.78, 5) is 14.2. The van der Waals surface area contributed by atoms with Gasteiger partial charge in [-0.2, -0.15) is 0 Å². The lowest BCUT2D eigenvalue weighted by Gasteiger charge is -2.22. The zero-order valence-corrected chi connectivity index (χ0v) is 14.9. The van der Waals surface area contributed by atoms with Crippen LogP contribution in [0.25, 0.3) is 11.0 Å². The number of rotatable bonds is 3. The maximum atomic E-state index is 5.98. The molecule has 4 nitrogen and oxygen atoms in total. The molecule has 0 aliphatic carbocycles. The Morgan fingerprint density at radius 1 is 0.880 bits per heavy atom. The lowest BCUT2D eigenvalue weighted by atomic mass is 10.2. The van der Waals surface area contributed by atoms with Crippen LogP contribution in [0.3, 0.4) is 0 Å². The minimum atomic E-state index is 0.792. The molecule has 0 radical (unpaired) electrons. The molecule has 1 saturated heterocycles. The predicted molar refractivity (Wildman–Crippen MR) is 103 cm³/mol. The van der Waals surface area contributed by atoms with Gasteiger partial charge in [-0.15, -0.1) is 0 Å². The normalized spacial score (nSPS) is 16.1. The lowest BCUT2D eigenvalue weighted by Crippen LogP contribution is -2.31. The molecular weight excluding hydrogens is 332 g/mol. The van der Waals surface area contributed by atoms with E-state index in [1.807, 2.05) is 42.6 Å². The largest absolute Gasteiger partial charge is 0.354 e. The van der Waals surface area contributed by atoms with Gasteiger partial charge in [0, 0.05) is 37.7 Å². The van der Waals surface area contributed by atoms with Gasteiger partial charge in [0.25, 0.3) is 0 Å². The first-order valence-electron chi connectivity index (χ1n) is 8.71. The van der Waals surface area contributed by atoms with Crippen molar-refractivity contribution in [3.8, 4) is 0 Å². The van der Waals surface area contributed by atoms with Gasteiger partial charge in [-0.1, -0.05) is 35.9 Å². The van der Waals surface area contributed by atoms with Crippen molar-refractivity contribution >= 4 is 28.5 Å². The third kappa shape index (κ3) is 3.91. The van der Waals surface area contributed by atoms with Crippen molar-refractivity contribution in [2.24, 2.45) is 0 Å². The highest BCUT2D eigenvalue weighted by Gasteiger charge is 2.16. The average Bonchev–Trinajstić information content (AvgIpc) is 2.89. The number of hydrogen-bond acceptors (Lipinski definition) is 4. The first kappa shape index (κ1) is 16.3. The molecule has 1 fully saturated rings. The summed E-state index contributed by atoms with van der Waals surface area (Å²) in [5.41, 5.74) is 3.22. The molecule has 0 spiro atoms. The average molecular weight is 353 g/mol. The van der Waals surface area contributed by atoms with Gasteiger partial charge in [0.2, 0.25) is 0 Å². The number of para-hydroxylation sites is 2. The fourth-order valence-corrected chi connectivity index (χ4v) is 3.43. The maximum Gasteiger partial charge on any atom is 0.147 e. The van der Waals surface area contributed by atoms with Crippen LogP contribution in [0.15, 0.2) is 54.7 Å². The third-order valence-electron chi connectivity index (χ3n) is 4.67. The van der Waals surface area contributed by atoms with E-state index in [0.29, 0.717) is 0 Å². The van der Waals surface area contributed by atoms with E-state index in [-0.39, 0.29) is 0 Å². The minimum Gasteiger partial charge on any atom is -0.354 e. The maximum absolute atomic E-state index is 5.98. The third-order valence-corrected chi connectivity index (χ3v) is 4.92. The van der Waals surface area contributed by atoms with Gasteiger partial charge < -0.3 is 4.90 Å². The standard InChI is InChI=1S/C20H21ClN4/c21-17-8-6-16(7-9-17)15-24-10-3-11-25(13-12-24)20-14-22-18-4-1-2-5-19(18)23-20/h1-2,4-9,14H,3,10-13,15H2. The molecule has 4 rings (SSSR count). The fourth-order valence-electron chi connectivity index (χ4n) is 3.31. The lowest BCUT2D eigenvalue weighted by molar-refractivity contribution is 0.285. The Morgan fingerprint density at radius 2 is 1.68 bits per heavy atom. The van der Waals surface area contributed by atoms with E-state index >= 15 is 0 Å². The molecule has 0 saturated carbocycles. The molecule has 5 heteroatoms. The van der Waals surface area contributed by atoms with Gasteiger partial charge in [0.1, 0.15) is 5.82 Å². The molecule has 25 heavy (non-hydrogen) atoms. The predicted octanol–water partition coefficient (Wildman–Crippen LogP) is 4.00. The summed E-state index contributed by atoms with van der Waals surface area (Å²) in [6.45, 7) is 5.08. The number of anilines is 1. The molecule has 128 valence electrons. The van der Waals surface area contributed by atoms with Gasteiger partial charge >= 0.3 is 0 Å². The van der Waals surface area contributed by atoms with E-state index in [2.05, 4.69) is 26.9 Å². The van der Waals surface area contributed by atoms with Gasteiger partial charge in [-0.05, 0) is 36.2 Å². The first-order chi connectivity index (χ1) is 12.3. The van der Waals surface area contributed by atoms with Crippen molar-refractivity contribution < 1.29 is 0 Å². The molecule has 2 aromatic carbocycles. The molecule has 1 aromatic heterocycles. The smallest absolute Gasteiger partial charge is 0.147 e. The Kier molecular flexibility index (Phi) is 4.81. The van der Waals surface area contributed by atoms with E-state index in [9.17, 15) is 0 Å². The topological polar surface area (TPSA) is 32.3 Å². The van der Waals surface area contributed by atoms with Gasteiger partial charge in [0.15, 0.2) is 0 Å². The number of fused-ring (bicyclic) bond motifs is 1. The van der Waals surface area contributed by atoms with E-state index < -0.39 is 0 Å². The van der Waals surface area contributed by atoms with Crippen molar-refractivity contribution in [1.29, 1.82) is 0 Å². The van der Waals surface area contributed by atoms with Crippen molar-refractivity contribution in [2.75, 3.05) is 31.1 Å². The van der Waals surface area contributed by atoms with Crippen LogP contribution in [-0.4, -0.2) is 41.0 Å². The van der Waals surface area contributed by atoms with Crippen LogP contribution in [0.2, 0.25) is 5.02 Å². The molecule has 0 atom stereocenters. The highest BCUT2D eigenvalue weighted by atomic mass is 35.5. The second-order valence-corrected chi connectivity index (χ2v) is 6.90. The summed E-state index contributed by atoms with van der Waals surface area (Å²) >= 11 is 5.98. The number of aromatic nitrogens is 2. The highest BCUT2D eigenvalue weighted by molar-refractivity contribution is 6.30. The Balaban J connectivity index is 1.44. The van der Waals surface area contributed by atoms with Crippen LogP contribution in [0, 0.1) is 0 Å². The van der Waals surface area contributed by atoms with Crippen LogP contribution in [0.4, 0.5) is 5.82 Å². The number of hydrogen-bond donors (Lipinski definition) is 0. The van der Waals surface area contributed by atoms with Crippen molar-refractivity contribution in [1.82, 2.24) is 14.9 Å². The van der Waals surface area contributed by atoms with Gasteiger partial charge in [-0.3, -0.25) is 9.88 Å². The Labute approximate surface area is 153 Å². The molecule has 0 N–H and O–H groups in total. The van der Waals surface area contributed by atoms with Crippen molar-refractivity contribution in [3.63, 3.8) is 0 Å². The minimum absolute atomic E-state index is 0.792. The van der Waals surface area contributed by atoms with Crippen LogP contribution >= 0.6 is 11.6 Å². The van der Waals surface area contributed by atoms with Gasteiger partial charge in [-0.25, -0.2) is 4.98 Å². The van der Waals surface area contributed by atoms with Crippen molar-refractivity contribution in [2.45, 2.75) is 13.0 Å². The highest BCUT2D eigenvalue weighted by Crippen LogP contribution is 2.18. The summed E-state index contributed by atoms with van der Waals surface area (Å²) in [6.07, 6.45) is 3.03. The Morgan fingerprint density at radius 3 is 2.52 bits per heavy atom. The van der Waals surface area contributed by atoms with Gasteiger partial charge in [0.05, 0.1) is 17.2 Å². The summed E-state index contributed by atoms with van der Waals surface area (Å²) in [7, 11) is 0. The summed E-state index contributed by atoms with van der Waals surface area (Å²) in [5, 5.41) is 0.792. The van der Waals surface area contributed by atoms with E-state index in [1.165, 1.54) is 5.56 Å². The first-order valence-corrected chi connectivity index (χ1v) is 9.09. The second kappa shape index (κ2) is 7.38. The van der Waals surface area contributed by atoms with Crippen LogP contribution in [-0.2, 0) is 6.54 Å². The molecule has 1 aliphatic rings.